The quantitative estimate of drug-likeness (QED) is 0.437. The normalized spacial score (nSPS) is 14.8. The molecule has 0 aromatic carbocycles. The summed E-state index contributed by atoms with van der Waals surface area (Å²) in [5.74, 6) is 0.942. The van der Waals surface area contributed by atoms with Crippen molar-refractivity contribution in [3.05, 3.63) is 52.1 Å². The highest BCUT2D eigenvalue weighted by molar-refractivity contribution is 6.33. The average molecular weight is 439 g/mol. The van der Waals surface area contributed by atoms with E-state index in [0.29, 0.717) is 27.1 Å². The first-order valence-electron chi connectivity index (χ1n) is 9.03. The lowest BCUT2D eigenvalue weighted by Gasteiger charge is -2.23. The van der Waals surface area contributed by atoms with Crippen molar-refractivity contribution in [2.75, 3.05) is 5.32 Å². The molecule has 0 atom stereocenters. The molecular weight excluding hydrogens is 421 g/mol. The molecule has 0 amide bonds. The lowest BCUT2D eigenvalue weighted by Crippen LogP contribution is -2.23. The minimum absolute atomic E-state index is 0.378. The van der Waals surface area contributed by atoms with Crippen LogP contribution in [0.2, 0.25) is 15.5 Å². The maximum atomic E-state index is 6.01. The third kappa shape index (κ3) is 4.32. The minimum atomic E-state index is 0.378. The average Bonchev–Trinajstić information content (AvgIpc) is 3.32. The molecule has 4 aromatic heterocycles. The Morgan fingerprint density at radius 1 is 0.821 bits per heavy atom. The number of hydrogen-bond acceptors (Lipinski definition) is 5. The van der Waals surface area contributed by atoms with Crippen LogP contribution < -0.4 is 5.32 Å². The molecule has 1 saturated carbocycles. The summed E-state index contributed by atoms with van der Waals surface area (Å²) in [7, 11) is 0. The molecule has 0 spiro atoms. The zero-order valence-electron chi connectivity index (χ0n) is 14.9. The third-order valence-corrected chi connectivity index (χ3v) is 5.23. The molecule has 5 rings (SSSR count). The van der Waals surface area contributed by atoms with Gasteiger partial charge in [-0.25, -0.2) is 14.5 Å². The summed E-state index contributed by atoms with van der Waals surface area (Å²) >= 11 is 17.4. The number of anilines is 1. The van der Waals surface area contributed by atoms with Gasteiger partial charge in [-0.2, -0.15) is 14.7 Å². The lowest BCUT2D eigenvalue weighted by atomic mass is 9.95. The zero-order chi connectivity index (χ0) is 19.5. The summed E-state index contributed by atoms with van der Waals surface area (Å²) in [6, 6.07) is 7.52. The van der Waals surface area contributed by atoms with E-state index in [1.807, 2.05) is 12.1 Å². The third-order valence-electron chi connectivity index (χ3n) is 4.57. The molecule has 0 saturated heterocycles. The molecule has 1 N–H and O–H groups in total. The van der Waals surface area contributed by atoms with Gasteiger partial charge in [-0.05, 0) is 12.8 Å². The van der Waals surface area contributed by atoms with Gasteiger partial charge in [0.25, 0.3) is 0 Å². The van der Waals surface area contributed by atoms with E-state index in [2.05, 4.69) is 25.5 Å². The van der Waals surface area contributed by atoms with Crippen molar-refractivity contribution in [2.24, 2.45) is 0 Å². The van der Waals surface area contributed by atoms with E-state index in [1.54, 1.807) is 29.0 Å². The number of nitrogens with zero attached hydrogens (tertiary/aromatic N) is 6. The predicted octanol–water partition coefficient (Wildman–Crippen LogP) is 5.16. The van der Waals surface area contributed by atoms with Gasteiger partial charge < -0.3 is 5.32 Å². The molecule has 7 nitrogen and oxygen atoms in total. The molecule has 0 unspecified atom stereocenters. The summed E-state index contributed by atoms with van der Waals surface area (Å²) in [6.07, 6.45) is 9.77. The number of aromatic nitrogens is 6. The lowest BCUT2D eigenvalue weighted by molar-refractivity contribution is 0.461. The van der Waals surface area contributed by atoms with Crippen LogP contribution in [0.5, 0.6) is 0 Å². The van der Waals surface area contributed by atoms with Crippen LogP contribution in [0.3, 0.4) is 0 Å². The first-order chi connectivity index (χ1) is 13.6. The smallest absolute Gasteiger partial charge is 0.159 e. The van der Waals surface area contributed by atoms with Crippen molar-refractivity contribution in [1.82, 2.24) is 29.2 Å². The molecule has 1 aliphatic carbocycles. The van der Waals surface area contributed by atoms with E-state index < -0.39 is 0 Å². The molecule has 0 aliphatic heterocycles. The van der Waals surface area contributed by atoms with Gasteiger partial charge in [0.1, 0.15) is 21.3 Å². The molecule has 4 aromatic rings. The van der Waals surface area contributed by atoms with Crippen molar-refractivity contribution in [1.29, 1.82) is 0 Å². The van der Waals surface area contributed by atoms with E-state index in [4.69, 9.17) is 34.8 Å². The molecule has 146 valence electrons. The monoisotopic (exact) mass is 437 g/mol. The van der Waals surface area contributed by atoms with Crippen molar-refractivity contribution < 1.29 is 0 Å². The van der Waals surface area contributed by atoms with Crippen LogP contribution in [0.1, 0.15) is 32.1 Å². The highest BCUT2D eigenvalue weighted by Crippen LogP contribution is 2.23. The van der Waals surface area contributed by atoms with Crippen molar-refractivity contribution in [2.45, 2.75) is 38.1 Å². The molecule has 10 heteroatoms. The first kappa shape index (κ1) is 19.2. The Balaban J connectivity index is 0.000000151. The maximum Gasteiger partial charge on any atom is 0.159 e. The number of nitrogens with one attached hydrogen (secondary N) is 1. The number of hydrogen-bond donors (Lipinski definition) is 1. The number of rotatable bonds is 2. The van der Waals surface area contributed by atoms with Gasteiger partial charge in [0.05, 0.1) is 12.4 Å². The Bertz CT molecular complexity index is 1090. The Morgan fingerprint density at radius 2 is 1.43 bits per heavy atom. The second kappa shape index (κ2) is 8.51. The van der Waals surface area contributed by atoms with Crippen LogP contribution in [0.25, 0.3) is 11.3 Å². The molecular formula is C18H18Cl3N7. The summed E-state index contributed by atoms with van der Waals surface area (Å²) < 4.78 is 3.31. The van der Waals surface area contributed by atoms with Gasteiger partial charge in [-0.1, -0.05) is 54.1 Å². The van der Waals surface area contributed by atoms with Gasteiger partial charge >= 0.3 is 0 Å². The van der Waals surface area contributed by atoms with Gasteiger partial charge in [0, 0.05) is 30.3 Å². The fraction of sp³-hybridized carbons (Fsp3) is 0.333. The molecule has 1 aliphatic rings. The molecule has 4 heterocycles. The van der Waals surface area contributed by atoms with E-state index in [0.717, 1.165) is 11.5 Å². The largest absolute Gasteiger partial charge is 0.367 e. The van der Waals surface area contributed by atoms with Crippen molar-refractivity contribution in [3.63, 3.8) is 0 Å². The highest BCUT2D eigenvalue weighted by atomic mass is 35.5. The van der Waals surface area contributed by atoms with E-state index in [9.17, 15) is 0 Å². The highest BCUT2D eigenvalue weighted by Gasteiger charge is 2.15. The zero-order valence-corrected chi connectivity index (χ0v) is 17.2. The van der Waals surface area contributed by atoms with Gasteiger partial charge in [0.2, 0.25) is 0 Å². The molecule has 0 bridgehead atoms. The minimum Gasteiger partial charge on any atom is -0.367 e. The van der Waals surface area contributed by atoms with E-state index in [-0.39, 0.29) is 0 Å². The predicted molar refractivity (Wildman–Crippen MR) is 111 cm³/mol. The second-order valence-corrected chi connectivity index (χ2v) is 7.71. The van der Waals surface area contributed by atoms with Crippen LogP contribution in [0, 0.1) is 0 Å². The molecule has 0 radical (unpaired) electrons. The summed E-state index contributed by atoms with van der Waals surface area (Å²) in [5.41, 5.74) is 1.44. The fourth-order valence-electron chi connectivity index (χ4n) is 3.29. The Labute approximate surface area is 176 Å². The summed E-state index contributed by atoms with van der Waals surface area (Å²) in [5, 5.41) is 13.1. The fourth-order valence-corrected chi connectivity index (χ4v) is 3.96. The van der Waals surface area contributed by atoms with Gasteiger partial charge in [-0.3, -0.25) is 0 Å². The second-order valence-electron chi connectivity index (χ2n) is 6.55. The van der Waals surface area contributed by atoms with Crippen molar-refractivity contribution >= 4 is 51.9 Å². The van der Waals surface area contributed by atoms with Gasteiger partial charge in [0.15, 0.2) is 11.3 Å². The molecule has 1 fully saturated rings. The van der Waals surface area contributed by atoms with Crippen LogP contribution in [0.4, 0.5) is 5.82 Å². The van der Waals surface area contributed by atoms with Crippen LogP contribution >= 0.6 is 34.8 Å². The maximum absolute atomic E-state index is 6.01. The standard InChI is InChI=1S/C12H15ClN4.C6H3Cl2N3/c13-10-8-12(15-9-4-2-1-3-5-9)17-11(16-10)6-7-14-17;7-4-3-5(8)11-6(10-4)1-2-9-11/h6-9,15H,1-5H2;1-3H. The van der Waals surface area contributed by atoms with E-state index >= 15 is 0 Å². The topological polar surface area (TPSA) is 72.4 Å². The Hall–Kier alpha value is -2.09. The summed E-state index contributed by atoms with van der Waals surface area (Å²) in [6.45, 7) is 0. The Morgan fingerprint density at radius 3 is 2.14 bits per heavy atom. The van der Waals surface area contributed by atoms with Crippen LogP contribution in [0.15, 0.2) is 36.7 Å². The van der Waals surface area contributed by atoms with Gasteiger partial charge in [-0.15, -0.1) is 0 Å². The summed E-state index contributed by atoms with van der Waals surface area (Å²) in [4.78, 5) is 8.19. The number of halogens is 3. The van der Waals surface area contributed by atoms with Crippen LogP contribution in [-0.4, -0.2) is 35.2 Å². The SMILES string of the molecule is Clc1cc(Cl)n2nccc2n1.Clc1cc(NC2CCCCC2)n2nccc2n1. The Kier molecular flexibility index (Phi) is 5.85. The number of fused-ring (bicyclic) bond motifs is 2. The van der Waals surface area contributed by atoms with Crippen LogP contribution in [-0.2, 0) is 0 Å². The van der Waals surface area contributed by atoms with Crippen molar-refractivity contribution in [3.8, 4) is 0 Å². The molecule has 28 heavy (non-hydrogen) atoms. The first-order valence-corrected chi connectivity index (χ1v) is 10.2. The van der Waals surface area contributed by atoms with E-state index in [1.165, 1.54) is 36.6 Å².